The van der Waals surface area contributed by atoms with Crippen LogP contribution in [0.1, 0.15) is 37.3 Å². The standard InChI is InChI=1S/C18H19ClN4O/c1-18(2,3)17(20-16(24)12-7-6-8-13(19)11-12)23-15-10-5-4-9-14(15)21-22-23/h4-11,17H,1-3H3,(H,20,24). The topological polar surface area (TPSA) is 59.8 Å². The molecule has 124 valence electrons. The number of aromatic nitrogens is 3. The molecule has 0 aliphatic rings. The summed E-state index contributed by atoms with van der Waals surface area (Å²) >= 11 is 5.99. The van der Waals surface area contributed by atoms with Gasteiger partial charge in [-0.15, -0.1) is 5.10 Å². The molecule has 1 aromatic heterocycles. The van der Waals surface area contributed by atoms with Gasteiger partial charge in [0.25, 0.3) is 5.91 Å². The van der Waals surface area contributed by atoms with E-state index in [-0.39, 0.29) is 17.5 Å². The van der Waals surface area contributed by atoms with Crippen molar-refractivity contribution < 1.29 is 4.79 Å². The molecule has 0 fully saturated rings. The minimum Gasteiger partial charge on any atom is -0.330 e. The fourth-order valence-electron chi connectivity index (χ4n) is 2.56. The predicted molar refractivity (Wildman–Crippen MR) is 94.9 cm³/mol. The van der Waals surface area contributed by atoms with Gasteiger partial charge in [-0.1, -0.05) is 55.8 Å². The van der Waals surface area contributed by atoms with E-state index in [0.717, 1.165) is 11.0 Å². The lowest BCUT2D eigenvalue weighted by molar-refractivity contribution is 0.0843. The minimum atomic E-state index is -0.351. The first kappa shape index (κ1) is 16.5. The fourth-order valence-corrected chi connectivity index (χ4v) is 2.75. The average Bonchev–Trinajstić information content (AvgIpc) is 2.95. The van der Waals surface area contributed by atoms with Crippen molar-refractivity contribution in [3.8, 4) is 0 Å². The molecular formula is C18H19ClN4O. The summed E-state index contributed by atoms with van der Waals surface area (Å²) in [7, 11) is 0. The van der Waals surface area contributed by atoms with Gasteiger partial charge in [-0.3, -0.25) is 4.79 Å². The Hall–Kier alpha value is -2.40. The Morgan fingerprint density at radius 3 is 2.62 bits per heavy atom. The number of carbonyl (C=O) groups is 1. The Bertz CT molecular complexity index is 882. The number of hydrogen-bond donors (Lipinski definition) is 1. The molecule has 0 bridgehead atoms. The molecule has 1 heterocycles. The molecule has 24 heavy (non-hydrogen) atoms. The SMILES string of the molecule is CC(C)(C)C(NC(=O)c1cccc(Cl)c1)n1nnc2ccccc21. The van der Waals surface area contributed by atoms with Gasteiger partial charge in [0.1, 0.15) is 11.7 Å². The number of fused-ring (bicyclic) bond motifs is 1. The van der Waals surface area contributed by atoms with Gasteiger partial charge in [0.2, 0.25) is 0 Å². The molecule has 6 heteroatoms. The Balaban J connectivity index is 1.98. The Morgan fingerprint density at radius 1 is 1.17 bits per heavy atom. The third-order valence-electron chi connectivity index (χ3n) is 3.80. The van der Waals surface area contributed by atoms with Crippen LogP contribution in [0.25, 0.3) is 11.0 Å². The summed E-state index contributed by atoms with van der Waals surface area (Å²) in [6.45, 7) is 6.14. The molecule has 0 saturated carbocycles. The molecular weight excluding hydrogens is 324 g/mol. The lowest BCUT2D eigenvalue weighted by atomic mass is 9.92. The highest BCUT2D eigenvalue weighted by atomic mass is 35.5. The summed E-state index contributed by atoms with van der Waals surface area (Å²) < 4.78 is 1.76. The van der Waals surface area contributed by atoms with Crippen LogP contribution in [0, 0.1) is 5.41 Å². The van der Waals surface area contributed by atoms with Crippen LogP contribution in [0.2, 0.25) is 5.02 Å². The number of amides is 1. The first-order valence-electron chi connectivity index (χ1n) is 7.72. The molecule has 0 aliphatic heterocycles. The molecule has 3 aromatic rings. The summed E-state index contributed by atoms with van der Waals surface area (Å²) in [5.74, 6) is -0.197. The third kappa shape index (κ3) is 3.26. The third-order valence-corrected chi connectivity index (χ3v) is 4.03. The molecule has 1 atom stereocenters. The van der Waals surface area contributed by atoms with E-state index < -0.39 is 0 Å². The number of nitrogens with one attached hydrogen (secondary N) is 1. The predicted octanol–water partition coefficient (Wildman–Crippen LogP) is 4.06. The number of nitrogens with zero attached hydrogens (tertiary/aromatic N) is 3. The molecule has 2 aromatic carbocycles. The first-order valence-corrected chi connectivity index (χ1v) is 8.10. The van der Waals surface area contributed by atoms with Crippen LogP contribution in [0.4, 0.5) is 0 Å². The van der Waals surface area contributed by atoms with Crippen LogP contribution in [-0.2, 0) is 0 Å². The van der Waals surface area contributed by atoms with E-state index >= 15 is 0 Å². The molecule has 3 rings (SSSR count). The van der Waals surface area contributed by atoms with Crippen molar-refractivity contribution in [1.29, 1.82) is 0 Å². The molecule has 0 radical (unpaired) electrons. The largest absolute Gasteiger partial charge is 0.330 e. The first-order chi connectivity index (χ1) is 11.4. The molecule has 0 spiro atoms. The molecule has 0 saturated heterocycles. The smallest absolute Gasteiger partial charge is 0.252 e. The van der Waals surface area contributed by atoms with Crippen LogP contribution in [-0.4, -0.2) is 20.9 Å². The Labute approximate surface area is 145 Å². The minimum absolute atomic E-state index is 0.197. The quantitative estimate of drug-likeness (QED) is 0.780. The Kier molecular flexibility index (Phi) is 4.28. The molecule has 1 amide bonds. The van der Waals surface area contributed by atoms with Crippen LogP contribution in [0.15, 0.2) is 48.5 Å². The normalized spacial score (nSPS) is 13.0. The van der Waals surface area contributed by atoms with E-state index in [1.807, 2.05) is 45.0 Å². The van der Waals surface area contributed by atoms with E-state index in [9.17, 15) is 4.79 Å². The maximum Gasteiger partial charge on any atom is 0.252 e. The molecule has 0 aliphatic carbocycles. The second-order valence-corrected chi connectivity index (χ2v) is 7.21. The van der Waals surface area contributed by atoms with Gasteiger partial charge >= 0.3 is 0 Å². The maximum absolute atomic E-state index is 12.7. The van der Waals surface area contributed by atoms with Crippen molar-refractivity contribution >= 4 is 28.5 Å². The second kappa shape index (κ2) is 6.24. The Morgan fingerprint density at radius 2 is 1.92 bits per heavy atom. The highest BCUT2D eigenvalue weighted by Crippen LogP contribution is 2.30. The highest BCUT2D eigenvalue weighted by molar-refractivity contribution is 6.30. The van der Waals surface area contributed by atoms with Gasteiger partial charge in [0.15, 0.2) is 0 Å². The lowest BCUT2D eigenvalue weighted by Gasteiger charge is -2.31. The van der Waals surface area contributed by atoms with Gasteiger partial charge in [0, 0.05) is 16.0 Å². The molecule has 1 unspecified atom stereocenters. The van der Waals surface area contributed by atoms with E-state index in [0.29, 0.717) is 10.6 Å². The summed E-state index contributed by atoms with van der Waals surface area (Å²) in [6.07, 6.45) is -0.351. The fraction of sp³-hybridized carbons (Fsp3) is 0.278. The van der Waals surface area contributed by atoms with Crippen molar-refractivity contribution in [2.45, 2.75) is 26.9 Å². The van der Waals surface area contributed by atoms with E-state index in [4.69, 9.17) is 11.6 Å². The number of carbonyl (C=O) groups excluding carboxylic acids is 1. The van der Waals surface area contributed by atoms with Crippen LogP contribution < -0.4 is 5.32 Å². The number of benzene rings is 2. The number of hydrogen-bond acceptors (Lipinski definition) is 3. The zero-order valence-corrected chi connectivity index (χ0v) is 14.6. The van der Waals surface area contributed by atoms with Crippen molar-refractivity contribution in [1.82, 2.24) is 20.3 Å². The zero-order chi connectivity index (χ0) is 17.3. The van der Waals surface area contributed by atoms with Crippen LogP contribution in [0.3, 0.4) is 0 Å². The number of para-hydroxylation sites is 1. The van der Waals surface area contributed by atoms with Crippen molar-refractivity contribution in [2.24, 2.45) is 5.41 Å². The second-order valence-electron chi connectivity index (χ2n) is 6.78. The van der Waals surface area contributed by atoms with Gasteiger partial charge in [-0.2, -0.15) is 0 Å². The van der Waals surface area contributed by atoms with Crippen LogP contribution >= 0.6 is 11.6 Å². The monoisotopic (exact) mass is 342 g/mol. The van der Waals surface area contributed by atoms with Crippen molar-refractivity contribution in [3.63, 3.8) is 0 Å². The van der Waals surface area contributed by atoms with Gasteiger partial charge in [-0.25, -0.2) is 4.68 Å². The zero-order valence-electron chi connectivity index (χ0n) is 13.8. The summed E-state index contributed by atoms with van der Waals surface area (Å²) in [5.41, 5.74) is 1.93. The van der Waals surface area contributed by atoms with Gasteiger partial charge < -0.3 is 5.32 Å². The summed E-state index contributed by atoms with van der Waals surface area (Å²) in [6, 6.07) is 14.6. The highest BCUT2D eigenvalue weighted by Gasteiger charge is 2.30. The lowest BCUT2D eigenvalue weighted by Crippen LogP contribution is -2.41. The summed E-state index contributed by atoms with van der Waals surface area (Å²) in [5, 5.41) is 12.0. The van der Waals surface area contributed by atoms with E-state index in [2.05, 4.69) is 15.6 Å². The maximum atomic E-state index is 12.7. The molecule has 5 nitrogen and oxygen atoms in total. The summed E-state index contributed by atoms with van der Waals surface area (Å²) in [4.78, 5) is 12.7. The average molecular weight is 343 g/mol. The van der Waals surface area contributed by atoms with E-state index in [1.165, 1.54) is 0 Å². The number of rotatable bonds is 3. The van der Waals surface area contributed by atoms with Gasteiger partial charge in [-0.05, 0) is 30.3 Å². The van der Waals surface area contributed by atoms with Crippen molar-refractivity contribution in [3.05, 3.63) is 59.1 Å². The van der Waals surface area contributed by atoms with Crippen molar-refractivity contribution in [2.75, 3.05) is 0 Å². The molecule has 1 N–H and O–H groups in total. The van der Waals surface area contributed by atoms with E-state index in [1.54, 1.807) is 28.9 Å². The number of halogens is 1. The van der Waals surface area contributed by atoms with Gasteiger partial charge in [0.05, 0.1) is 5.52 Å². The van der Waals surface area contributed by atoms with Crippen LogP contribution in [0.5, 0.6) is 0 Å².